The molecule has 4 rings (SSSR count). The van der Waals surface area contributed by atoms with Crippen LogP contribution < -0.4 is 14.8 Å². The van der Waals surface area contributed by atoms with E-state index in [0.717, 1.165) is 16.8 Å². The molecule has 8 nitrogen and oxygen atoms in total. The first-order valence-corrected chi connectivity index (χ1v) is 9.35. The van der Waals surface area contributed by atoms with Crippen molar-refractivity contribution in [1.29, 1.82) is 0 Å². The highest BCUT2D eigenvalue weighted by atomic mass is 16.5. The lowest BCUT2D eigenvalue weighted by Gasteiger charge is -2.12. The van der Waals surface area contributed by atoms with Gasteiger partial charge in [0.05, 0.1) is 36.9 Å². The summed E-state index contributed by atoms with van der Waals surface area (Å²) in [5, 5.41) is 15.9. The van der Waals surface area contributed by atoms with Crippen molar-refractivity contribution in [1.82, 2.24) is 19.8 Å². The fourth-order valence-electron chi connectivity index (χ4n) is 3.36. The summed E-state index contributed by atoms with van der Waals surface area (Å²) in [6, 6.07) is 15.0. The third kappa shape index (κ3) is 3.32. The van der Waals surface area contributed by atoms with Crippen LogP contribution >= 0.6 is 0 Å². The Kier molecular flexibility index (Phi) is 5.05. The predicted octanol–water partition coefficient (Wildman–Crippen LogP) is 3.68. The first kappa shape index (κ1) is 19.4. The number of carbonyl (C=O) groups is 1. The number of hydrogen-bond donors (Lipinski definition) is 1. The summed E-state index contributed by atoms with van der Waals surface area (Å²) in [6.45, 7) is 3.71. The third-order valence-corrected chi connectivity index (χ3v) is 4.87. The molecule has 0 aliphatic heterocycles. The Hall–Kier alpha value is -3.94. The Labute approximate surface area is 173 Å². The van der Waals surface area contributed by atoms with E-state index in [2.05, 4.69) is 20.6 Å². The highest BCUT2D eigenvalue weighted by molar-refractivity contribution is 6.04. The third-order valence-electron chi connectivity index (χ3n) is 4.87. The van der Waals surface area contributed by atoms with Gasteiger partial charge >= 0.3 is 0 Å². The first-order valence-electron chi connectivity index (χ1n) is 9.35. The number of aromatic nitrogens is 4. The normalized spacial score (nSPS) is 10.8. The highest BCUT2D eigenvalue weighted by Crippen LogP contribution is 2.30. The van der Waals surface area contributed by atoms with Crippen molar-refractivity contribution in [3.8, 4) is 22.6 Å². The lowest BCUT2D eigenvalue weighted by atomic mass is 10.1. The average Bonchev–Trinajstić information content (AvgIpc) is 3.11. The number of benzene rings is 2. The van der Waals surface area contributed by atoms with E-state index in [1.54, 1.807) is 36.7 Å². The van der Waals surface area contributed by atoms with E-state index in [9.17, 15) is 4.79 Å². The Morgan fingerprint density at radius 2 is 1.77 bits per heavy atom. The summed E-state index contributed by atoms with van der Waals surface area (Å²) in [4.78, 5) is 13.0. The van der Waals surface area contributed by atoms with Crippen LogP contribution in [0, 0.1) is 13.8 Å². The van der Waals surface area contributed by atoms with Crippen LogP contribution in [-0.2, 0) is 0 Å². The number of carbonyl (C=O) groups excluding carboxylic acids is 1. The molecule has 0 bridgehead atoms. The second-order valence-corrected chi connectivity index (χ2v) is 6.72. The van der Waals surface area contributed by atoms with E-state index >= 15 is 0 Å². The Bertz CT molecular complexity index is 1230. The van der Waals surface area contributed by atoms with Gasteiger partial charge in [-0.25, -0.2) is 4.52 Å². The molecule has 0 atom stereocenters. The van der Waals surface area contributed by atoms with Crippen LogP contribution in [0.4, 0.5) is 5.69 Å². The second kappa shape index (κ2) is 7.82. The number of fused-ring (bicyclic) bond motifs is 1. The summed E-state index contributed by atoms with van der Waals surface area (Å²) < 4.78 is 12.2. The van der Waals surface area contributed by atoms with Crippen LogP contribution in [0.1, 0.15) is 21.9 Å². The van der Waals surface area contributed by atoms with Gasteiger partial charge in [0.2, 0.25) is 0 Å². The maximum absolute atomic E-state index is 13.0. The zero-order chi connectivity index (χ0) is 21.3. The number of hydrogen-bond acceptors (Lipinski definition) is 6. The molecule has 0 unspecified atom stereocenters. The Morgan fingerprint density at radius 1 is 1.00 bits per heavy atom. The molecular weight excluding hydrogens is 382 g/mol. The van der Waals surface area contributed by atoms with Crippen molar-refractivity contribution in [3.05, 3.63) is 65.6 Å². The highest BCUT2D eigenvalue weighted by Gasteiger charge is 2.21. The number of rotatable bonds is 5. The number of anilines is 1. The fraction of sp³-hybridized carbons (Fsp3) is 0.182. The smallest absolute Gasteiger partial charge is 0.278 e. The van der Waals surface area contributed by atoms with Crippen LogP contribution in [0.5, 0.6) is 11.5 Å². The van der Waals surface area contributed by atoms with Crippen molar-refractivity contribution in [2.24, 2.45) is 0 Å². The maximum Gasteiger partial charge on any atom is 0.278 e. The van der Waals surface area contributed by atoms with E-state index in [1.165, 1.54) is 7.11 Å². The molecule has 30 heavy (non-hydrogen) atoms. The molecule has 4 aromatic rings. The quantitative estimate of drug-likeness (QED) is 0.547. The zero-order valence-corrected chi connectivity index (χ0v) is 17.1. The van der Waals surface area contributed by atoms with Crippen molar-refractivity contribution in [3.63, 3.8) is 0 Å². The summed E-state index contributed by atoms with van der Waals surface area (Å²) in [5.74, 6) is 0.694. The maximum atomic E-state index is 13.0. The topological polar surface area (TPSA) is 90.6 Å². The van der Waals surface area contributed by atoms with E-state index in [1.807, 2.05) is 37.3 Å². The second-order valence-electron chi connectivity index (χ2n) is 6.72. The van der Waals surface area contributed by atoms with Gasteiger partial charge in [0.25, 0.3) is 5.91 Å². The molecule has 0 fully saturated rings. The van der Waals surface area contributed by atoms with Gasteiger partial charge in [0, 0.05) is 6.07 Å². The largest absolute Gasteiger partial charge is 0.497 e. The molecule has 8 heteroatoms. The number of nitrogens with zero attached hydrogens (tertiary/aromatic N) is 4. The van der Waals surface area contributed by atoms with Gasteiger partial charge in [-0.1, -0.05) is 30.3 Å². The van der Waals surface area contributed by atoms with Crippen LogP contribution in [0.2, 0.25) is 0 Å². The standard InChI is InChI=1S/C22H21N5O3/c1-13-19(15-8-6-5-7-9-15)21-25-24-20(14(2)27(21)26-13)22(28)23-17-12-16(29-3)10-11-18(17)30-4/h5-12H,1-4H3,(H,23,28). The zero-order valence-electron chi connectivity index (χ0n) is 17.1. The number of methoxy groups -OCH3 is 2. The molecule has 2 aromatic carbocycles. The minimum Gasteiger partial charge on any atom is -0.497 e. The summed E-state index contributed by atoms with van der Waals surface area (Å²) in [6.07, 6.45) is 0. The molecule has 0 aliphatic carbocycles. The minimum absolute atomic E-state index is 0.175. The van der Waals surface area contributed by atoms with E-state index in [0.29, 0.717) is 28.5 Å². The molecule has 2 aromatic heterocycles. The fourth-order valence-corrected chi connectivity index (χ4v) is 3.36. The number of amides is 1. The van der Waals surface area contributed by atoms with Gasteiger partial charge in [-0.05, 0) is 31.5 Å². The van der Waals surface area contributed by atoms with Crippen molar-refractivity contribution < 1.29 is 14.3 Å². The monoisotopic (exact) mass is 403 g/mol. The molecule has 0 saturated carbocycles. The number of ether oxygens (including phenoxy) is 2. The minimum atomic E-state index is -0.414. The summed E-state index contributed by atoms with van der Waals surface area (Å²) in [5.41, 5.74) is 4.55. The SMILES string of the molecule is COc1ccc(OC)c(NC(=O)c2nnc3c(-c4ccccc4)c(C)nn3c2C)c1. The molecule has 0 aliphatic rings. The molecule has 0 spiro atoms. The van der Waals surface area contributed by atoms with Crippen LogP contribution in [0.25, 0.3) is 16.8 Å². The van der Waals surface area contributed by atoms with Crippen LogP contribution in [0.15, 0.2) is 48.5 Å². The Balaban J connectivity index is 1.74. The van der Waals surface area contributed by atoms with Crippen molar-refractivity contribution >= 4 is 17.2 Å². The van der Waals surface area contributed by atoms with E-state index in [-0.39, 0.29) is 5.69 Å². The van der Waals surface area contributed by atoms with Gasteiger partial charge in [-0.15, -0.1) is 10.2 Å². The molecule has 0 radical (unpaired) electrons. The van der Waals surface area contributed by atoms with E-state index in [4.69, 9.17) is 9.47 Å². The lowest BCUT2D eigenvalue weighted by molar-refractivity contribution is 0.101. The van der Waals surface area contributed by atoms with Crippen LogP contribution in [-0.4, -0.2) is 39.9 Å². The van der Waals surface area contributed by atoms with Gasteiger partial charge < -0.3 is 14.8 Å². The van der Waals surface area contributed by atoms with Crippen molar-refractivity contribution in [2.75, 3.05) is 19.5 Å². The van der Waals surface area contributed by atoms with E-state index < -0.39 is 5.91 Å². The summed E-state index contributed by atoms with van der Waals surface area (Å²) in [7, 11) is 3.09. The van der Waals surface area contributed by atoms with Gasteiger partial charge in [-0.2, -0.15) is 5.10 Å². The first-order chi connectivity index (χ1) is 14.5. The molecular formula is C22H21N5O3. The number of aryl methyl sites for hydroxylation is 2. The van der Waals surface area contributed by atoms with Gasteiger partial charge in [0.15, 0.2) is 11.3 Å². The lowest BCUT2D eigenvalue weighted by Crippen LogP contribution is -2.19. The molecule has 1 N–H and O–H groups in total. The number of nitrogens with one attached hydrogen (secondary N) is 1. The molecule has 152 valence electrons. The Morgan fingerprint density at radius 3 is 2.47 bits per heavy atom. The average molecular weight is 403 g/mol. The predicted molar refractivity (Wildman–Crippen MR) is 113 cm³/mol. The van der Waals surface area contributed by atoms with Crippen molar-refractivity contribution in [2.45, 2.75) is 13.8 Å². The van der Waals surface area contributed by atoms with Crippen LogP contribution in [0.3, 0.4) is 0 Å². The molecule has 1 amide bonds. The summed E-state index contributed by atoms with van der Waals surface area (Å²) >= 11 is 0. The molecule has 0 saturated heterocycles. The van der Waals surface area contributed by atoms with Gasteiger partial charge in [0.1, 0.15) is 11.5 Å². The molecule has 2 heterocycles. The van der Waals surface area contributed by atoms with Gasteiger partial charge in [-0.3, -0.25) is 4.79 Å².